The molecule has 2 aliphatic heterocycles. The van der Waals surface area contributed by atoms with Crippen LogP contribution in [-0.2, 0) is 94.4 Å². The summed E-state index contributed by atoms with van der Waals surface area (Å²) in [5.74, 6) is -16.8. The second kappa shape index (κ2) is 35.5. The highest BCUT2D eigenvalue weighted by atomic mass is 16.4. The van der Waals surface area contributed by atoms with Crippen LogP contribution in [0.25, 0.3) is 0 Å². The number of rotatable bonds is 21. The van der Waals surface area contributed by atoms with Crippen LogP contribution in [0.2, 0.25) is 0 Å². The first-order chi connectivity index (χ1) is 48.0. The molecule has 34 nitrogen and oxygen atoms in total. The highest BCUT2D eigenvalue weighted by Gasteiger charge is 2.51. The largest absolute Gasteiger partial charge is 0.508 e. The fourth-order valence-electron chi connectivity index (χ4n) is 11.6. The standard InChI is InChI=1S/C67H84N18O16/c1-36-56(91)78-47(29-38-13-7-4-8-14-38)62(97)83-67(2,65(100)101)85(52(55(70)90)30-40-19-23-43(87)24-20-40)54(89)33-50(79-57(92)44(68)27-39-17-21-42(86)22-18-39)61(96)81-48(31-41-34-73-35-75-41)60(95)80-46(28-37-11-5-3-6-12-37)59(94)77-45(15-9-25-74-66(71)72)64(99)84-26-10-16-51(84)63(98)82-49(32-53(69)88)58(93)76-36/h3-8,11-14,17-24,34-36,44-52,86-87H,9-10,15-16,25-33,68H2,1-2H3,(H2,69,88)(H2,70,90)(H,73,75)(H,76,93)(H,77,94)(H,78,91)(H,79,92)(H,80,95)(H,81,96)(H,82,98)(H,83,97)(H,100,101)(H4,71,72,74)/t36-,44-,45-,46+,47-,48-,49-,50-,51-,52-,67?/m0/s1. The number of phenolic OH excluding ortho intramolecular Hbond substituents is 2. The molecule has 101 heavy (non-hydrogen) atoms. The number of carbonyl (C=O) groups is 13. The van der Waals surface area contributed by atoms with Gasteiger partial charge in [0.05, 0.1) is 25.2 Å². The second-order valence-electron chi connectivity index (χ2n) is 24.7. The van der Waals surface area contributed by atoms with E-state index in [1.54, 1.807) is 60.7 Å². The summed E-state index contributed by atoms with van der Waals surface area (Å²) in [6.07, 6.45) is -1.65. The molecule has 2 fully saturated rings. The number of imidazole rings is 1. The Morgan fingerprint density at radius 2 is 1.18 bits per heavy atom. The summed E-state index contributed by atoms with van der Waals surface area (Å²) >= 11 is 0. The number of aromatic nitrogens is 2. The number of hydrogen-bond acceptors (Lipinski definition) is 18. The quantitative estimate of drug-likeness (QED) is 0.0190. The molecule has 2 saturated heterocycles. The number of hydrogen-bond donors (Lipinski definition) is 18. The van der Waals surface area contributed by atoms with Crippen molar-refractivity contribution in [2.45, 2.75) is 151 Å². The van der Waals surface area contributed by atoms with Gasteiger partial charge in [-0.3, -0.25) is 67.8 Å². The van der Waals surface area contributed by atoms with E-state index in [4.69, 9.17) is 28.3 Å². The Bertz CT molecular complexity index is 3810. The van der Waals surface area contributed by atoms with Gasteiger partial charge in [-0.25, -0.2) is 9.78 Å². The van der Waals surface area contributed by atoms with E-state index < -0.39 is 181 Å². The van der Waals surface area contributed by atoms with Crippen LogP contribution in [0.15, 0.2) is 122 Å². The number of primary amides is 2. The fraction of sp³-hybridized carbons (Fsp3) is 0.388. The van der Waals surface area contributed by atoms with Gasteiger partial charge in [0.2, 0.25) is 76.5 Å². The van der Waals surface area contributed by atoms with Crippen LogP contribution in [-0.4, -0.2) is 197 Å². The number of nitrogens with zero attached hydrogens (tertiary/aromatic N) is 3. The fourth-order valence-corrected chi connectivity index (χ4v) is 11.6. The van der Waals surface area contributed by atoms with Crippen molar-refractivity contribution in [1.82, 2.24) is 67.6 Å². The van der Waals surface area contributed by atoms with Crippen LogP contribution in [0.3, 0.4) is 0 Å². The van der Waals surface area contributed by atoms with Crippen molar-refractivity contribution >= 4 is 82.8 Å². The summed E-state index contributed by atoms with van der Waals surface area (Å²) in [5.41, 5.74) is 22.1. The molecule has 1 unspecified atom stereocenters. The molecule has 11 atom stereocenters. The average molecular weight is 1400 g/mol. The van der Waals surface area contributed by atoms with E-state index in [1.807, 2.05) is 0 Å². The molecule has 0 aliphatic carbocycles. The molecule has 5 aromatic rings. The maximum absolute atomic E-state index is 15.8. The van der Waals surface area contributed by atoms with Crippen molar-refractivity contribution in [2.75, 3.05) is 13.1 Å². The van der Waals surface area contributed by atoms with E-state index in [0.717, 1.165) is 18.7 Å². The highest BCUT2D eigenvalue weighted by Crippen LogP contribution is 2.26. The van der Waals surface area contributed by atoms with Crippen LogP contribution < -0.4 is 70.8 Å². The lowest BCUT2D eigenvalue weighted by molar-refractivity contribution is -0.168. The van der Waals surface area contributed by atoms with Gasteiger partial charge in [-0.15, -0.1) is 0 Å². The first kappa shape index (κ1) is 76.4. The Balaban J connectivity index is 1.40. The number of guanidine groups is 1. The van der Waals surface area contributed by atoms with Gasteiger partial charge < -0.3 is 96.0 Å². The number of carbonyl (C=O) groups excluding carboxylic acids is 12. The number of carboxylic acid groups (broad SMARTS) is 1. The molecule has 538 valence electrons. The molecule has 4 aromatic carbocycles. The number of aromatic amines is 1. The Morgan fingerprint density at radius 3 is 1.72 bits per heavy atom. The summed E-state index contributed by atoms with van der Waals surface area (Å²) in [6.45, 7) is 1.90. The van der Waals surface area contributed by atoms with Crippen LogP contribution in [0.5, 0.6) is 11.5 Å². The molecule has 3 heterocycles. The number of carboxylic acids is 1. The molecule has 34 heteroatoms. The zero-order valence-corrected chi connectivity index (χ0v) is 55.3. The molecule has 22 N–H and O–H groups in total. The van der Waals surface area contributed by atoms with E-state index in [9.17, 15) is 53.7 Å². The van der Waals surface area contributed by atoms with Crippen LogP contribution >= 0.6 is 0 Å². The monoisotopic (exact) mass is 1400 g/mol. The van der Waals surface area contributed by atoms with Gasteiger partial charge in [-0.05, 0) is 92.5 Å². The first-order valence-electron chi connectivity index (χ1n) is 32.3. The summed E-state index contributed by atoms with van der Waals surface area (Å²) in [5, 5.41) is 62.0. The minimum atomic E-state index is -3.17. The Hall–Kier alpha value is -12.0. The molecule has 7 rings (SSSR count). The van der Waals surface area contributed by atoms with Crippen molar-refractivity contribution in [1.29, 1.82) is 5.41 Å². The number of H-pyrrole nitrogens is 1. The Labute approximate surface area is 579 Å². The van der Waals surface area contributed by atoms with Crippen molar-refractivity contribution in [3.8, 4) is 11.5 Å². The summed E-state index contributed by atoms with van der Waals surface area (Å²) in [6, 6.07) is 9.11. The molecular weight excluding hydrogens is 1310 g/mol. The maximum atomic E-state index is 15.8. The van der Waals surface area contributed by atoms with Crippen molar-refractivity contribution < 1.29 is 77.6 Å². The average Bonchev–Trinajstić information content (AvgIpc) is 1.41. The van der Waals surface area contributed by atoms with Gasteiger partial charge in [-0.2, -0.15) is 0 Å². The number of nitrogens with one attached hydrogen (secondary N) is 11. The maximum Gasteiger partial charge on any atom is 0.350 e. The SMILES string of the molecule is C[C@@H]1NC(=O)[C@H](CC(N)=O)NC(=O)[C@@H]2CCCN2C(=O)[C@H](CCCNC(=N)N)NC(=O)[C@@H](Cc2ccccc2)NC(=O)[C@H](Cc2cnc[nH]2)NC(=O)[C@@H](NC(=O)[C@@H](N)Cc2ccc(O)cc2)CC(=O)N([C@@H](Cc2ccc(O)cc2)C(N)=O)C(C)(C(=O)O)NC(=O)[C@H](Cc2ccccc2)NC1=O. The highest BCUT2D eigenvalue weighted by molar-refractivity contribution is 6.02. The lowest BCUT2D eigenvalue weighted by Crippen LogP contribution is -2.72. The van der Waals surface area contributed by atoms with Gasteiger partial charge in [-0.1, -0.05) is 84.9 Å². The number of aromatic hydroxyl groups is 2. The van der Waals surface area contributed by atoms with E-state index in [1.165, 1.54) is 61.1 Å². The third-order valence-corrected chi connectivity index (χ3v) is 17.0. The lowest BCUT2D eigenvalue weighted by Gasteiger charge is -2.43. The number of benzene rings is 4. The van der Waals surface area contributed by atoms with Gasteiger partial charge in [0, 0.05) is 50.7 Å². The van der Waals surface area contributed by atoms with Crippen LogP contribution in [0.4, 0.5) is 0 Å². The van der Waals surface area contributed by atoms with E-state index in [0.29, 0.717) is 21.6 Å². The molecule has 1 aromatic heterocycles. The number of phenols is 2. The van der Waals surface area contributed by atoms with Crippen molar-refractivity contribution in [3.63, 3.8) is 0 Å². The minimum Gasteiger partial charge on any atom is -0.508 e. The number of amides is 12. The van der Waals surface area contributed by atoms with Gasteiger partial charge in [0.15, 0.2) is 5.96 Å². The van der Waals surface area contributed by atoms with Crippen LogP contribution in [0.1, 0.15) is 80.3 Å². The smallest absolute Gasteiger partial charge is 0.350 e. The predicted molar refractivity (Wildman–Crippen MR) is 360 cm³/mol. The third-order valence-electron chi connectivity index (χ3n) is 17.0. The summed E-state index contributed by atoms with van der Waals surface area (Å²) < 4.78 is 0. The predicted octanol–water partition coefficient (Wildman–Crippen LogP) is -3.79. The zero-order valence-electron chi connectivity index (χ0n) is 55.3. The number of aliphatic carboxylic acids is 1. The Morgan fingerprint density at radius 1 is 0.653 bits per heavy atom. The molecule has 0 spiro atoms. The lowest BCUT2D eigenvalue weighted by atomic mass is 9.97. The van der Waals surface area contributed by atoms with Gasteiger partial charge >= 0.3 is 5.97 Å². The molecule has 0 radical (unpaired) electrons. The number of fused-ring (bicyclic) bond motifs is 1. The molecular formula is C67H84N18O16. The zero-order chi connectivity index (χ0) is 73.7. The normalized spacial score (nSPS) is 23.1. The van der Waals surface area contributed by atoms with E-state index in [-0.39, 0.29) is 74.4 Å². The molecule has 0 saturated carbocycles. The van der Waals surface area contributed by atoms with E-state index in [2.05, 4.69) is 57.8 Å². The minimum absolute atomic E-state index is 0.000439. The summed E-state index contributed by atoms with van der Waals surface area (Å²) in [4.78, 5) is 198. The molecule has 12 amide bonds. The van der Waals surface area contributed by atoms with Crippen LogP contribution in [0, 0.1) is 5.41 Å². The summed E-state index contributed by atoms with van der Waals surface area (Å²) in [7, 11) is 0. The van der Waals surface area contributed by atoms with E-state index >= 15 is 24.0 Å². The number of nitrogens with two attached hydrogens (primary N) is 4. The third kappa shape index (κ3) is 21.8. The van der Waals surface area contributed by atoms with Crippen molar-refractivity contribution in [2.24, 2.45) is 22.9 Å². The molecule has 2 aliphatic rings. The van der Waals surface area contributed by atoms with Gasteiger partial charge in [0.1, 0.15) is 65.9 Å². The topological polar surface area (TPSA) is 554 Å². The van der Waals surface area contributed by atoms with Crippen molar-refractivity contribution in [3.05, 3.63) is 150 Å². The second-order valence-corrected chi connectivity index (χ2v) is 24.7. The Kier molecular flexibility index (Phi) is 26.9. The molecule has 0 bridgehead atoms. The van der Waals surface area contributed by atoms with Gasteiger partial charge in [0.25, 0.3) is 0 Å². The first-order valence-corrected chi connectivity index (χ1v) is 32.3.